The van der Waals surface area contributed by atoms with Gasteiger partial charge in [0.25, 0.3) is 0 Å². The smallest absolute Gasteiger partial charge is 0.417 e. The number of phenolic OH excluding ortho intramolecular Hbond substituents is 1. The van der Waals surface area contributed by atoms with E-state index in [1.807, 2.05) is 0 Å². The molecule has 0 saturated heterocycles. The third-order valence-corrected chi connectivity index (χ3v) is 3.33. The number of nitrogens with zero attached hydrogens (tertiary/aromatic N) is 1. The van der Waals surface area contributed by atoms with Crippen LogP contribution in [0.15, 0.2) is 54.7 Å². The summed E-state index contributed by atoms with van der Waals surface area (Å²) in [6.07, 6.45) is -1.77. The van der Waals surface area contributed by atoms with Crippen LogP contribution in [0, 0.1) is 0 Å². The van der Waals surface area contributed by atoms with Gasteiger partial charge in [-0.25, -0.2) is 0 Å². The summed E-state index contributed by atoms with van der Waals surface area (Å²) >= 11 is 0. The second-order valence-electron chi connectivity index (χ2n) is 5.42. The minimum Gasteiger partial charge on any atom is -0.507 e. The van der Waals surface area contributed by atoms with Crippen molar-refractivity contribution in [3.63, 3.8) is 0 Å². The normalized spacial score (nSPS) is 11.7. The predicted molar refractivity (Wildman–Crippen MR) is 85.7 cm³/mol. The molecule has 2 aromatic rings. The summed E-state index contributed by atoms with van der Waals surface area (Å²) in [5.74, 6) is -0.774. The number of allylic oxidation sites excluding steroid dienone is 1. The van der Waals surface area contributed by atoms with Gasteiger partial charge in [0.2, 0.25) is 0 Å². The molecule has 2 aromatic carbocycles. The van der Waals surface area contributed by atoms with Crippen molar-refractivity contribution in [3.05, 3.63) is 65.9 Å². The molecule has 0 fully saturated rings. The Morgan fingerprint density at radius 2 is 1.79 bits per heavy atom. The number of halogens is 3. The van der Waals surface area contributed by atoms with Crippen molar-refractivity contribution < 1.29 is 23.1 Å². The topological polar surface area (TPSA) is 40.5 Å². The monoisotopic (exact) mass is 335 g/mol. The molecule has 0 aliphatic carbocycles. The van der Waals surface area contributed by atoms with E-state index >= 15 is 0 Å². The molecule has 0 radical (unpaired) electrons. The number of aromatic hydroxyl groups is 1. The molecule has 6 heteroatoms. The van der Waals surface area contributed by atoms with Gasteiger partial charge in [-0.15, -0.1) is 0 Å². The first-order valence-electron chi connectivity index (χ1n) is 7.08. The minimum atomic E-state index is -4.51. The number of rotatable bonds is 4. The standard InChI is InChI=1S/C18H16F3NO2/c1-22(2)10-9-17(24)14-11-12(7-8-16(14)23)13-5-3-4-6-15(13)18(19,20)21/h3-11,23H,1-2H3. The molecule has 0 saturated carbocycles. The average Bonchev–Trinajstić information content (AvgIpc) is 2.52. The van der Waals surface area contributed by atoms with Crippen LogP contribution in [0.2, 0.25) is 0 Å². The van der Waals surface area contributed by atoms with E-state index in [1.54, 1.807) is 19.0 Å². The first-order chi connectivity index (χ1) is 11.2. The van der Waals surface area contributed by atoms with Crippen LogP contribution in [-0.4, -0.2) is 29.9 Å². The summed E-state index contributed by atoms with van der Waals surface area (Å²) in [5.41, 5.74) is -0.682. The highest BCUT2D eigenvalue weighted by molar-refractivity contribution is 6.07. The fourth-order valence-corrected chi connectivity index (χ4v) is 2.19. The number of phenols is 1. The number of carbonyl (C=O) groups is 1. The molecule has 0 heterocycles. The zero-order valence-electron chi connectivity index (χ0n) is 13.1. The molecule has 0 aromatic heterocycles. The largest absolute Gasteiger partial charge is 0.507 e. The summed E-state index contributed by atoms with van der Waals surface area (Å²) < 4.78 is 39.4. The van der Waals surface area contributed by atoms with Crippen molar-refractivity contribution in [2.75, 3.05) is 14.1 Å². The van der Waals surface area contributed by atoms with E-state index in [1.165, 1.54) is 48.7 Å². The van der Waals surface area contributed by atoms with Gasteiger partial charge < -0.3 is 10.0 Å². The van der Waals surface area contributed by atoms with Crippen molar-refractivity contribution in [2.24, 2.45) is 0 Å². The molecule has 1 N–H and O–H groups in total. The Bertz CT molecular complexity index is 780. The lowest BCUT2D eigenvalue weighted by Gasteiger charge is -2.13. The maximum Gasteiger partial charge on any atom is 0.417 e. The van der Waals surface area contributed by atoms with Crippen LogP contribution >= 0.6 is 0 Å². The van der Waals surface area contributed by atoms with Crippen molar-refractivity contribution in [1.29, 1.82) is 0 Å². The van der Waals surface area contributed by atoms with Gasteiger partial charge in [0.15, 0.2) is 5.78 Å². The highest BCUT2D eigenvalue weighted by Crippen LogP contribution is 2.38. The van der Waals surface area contributed by atoms with Gasteiger partial charge >= 0.3 is 6.18 Å². The lowest BCUT2D eigenvalue weighted by molar-refractivity contribution is -0.137. The molecular weight excluding hydrogens is 319 g/mol. The van der Waals surface area contributed by atoms with Crippen molar-refractivity contribution >= 4 is 5.78 Å². The highest BCUT2D eigenvalue weighted by Gasteiger charge is 2.33. The molecule has 0 unspecified atom stereocenters. The van der Waals surface area contributed by atoms with E-state index in [0.717, 1.165) is 6.07 Å². The fourth-order valence-electron chi connectivity index (χ4n) is 2.19. The SMILES string of the molecule is CN(C)C=CC(=O)c1cc(-c2ccccc2C(F)(F)F)ccc1O. The van der Waals surface area contributed by atoms with Gasteiger partial charge in [-0.3, -0.25) is 4.79 Å². The van der Waals surface area contributed by atoms with Crippen LogP contribution < -0.4 is 0 Å². The molecular formula is C18H16F3NO2. The second-order valence-corrected chi connectivity index (χ2v) is 5.42. The maximum atomic E-state index is 13.1. The first kappa shape index (κ1) is 17.6. The van der Waals surface area contributed by atoms with Gasteiger partial charge in [0, 0.05) is 26.4 Å². The van der Waals surface area contributed by atoms with Crippen molar-refractivity contribution in [1.82, 2.24) is 4.90 Å². The van der Waals surface area contributed by atoms with Crippen LogP contribution in [0.1, 0.15) is 15.9 Å². The van der Waals surface area contributed by atoms with E-state index in [4.69, 9.17) is 0 Å². The Labute approximate surface area is 137 Å². The zero-order chi connectivity index (χ0) is 17.9. The van der Waals surface area contributed by atoms with E-state index < -0.39 is 17.5 Å². The Hall–Kier alpha value is -2.76. The summed E-state index contributed by atoms with van der Waals surface area (Å²) in [6, 6.07) is 8.95. The van der Waals surface area contributed by atoms with E-state index in [0.29, 0.717) is 0 Å². The van der Waals surface area contributed by atoms with Crippen LogP contribution in [0.5, 0.6) is 5.75 Å². The molecule has 0 amide bonds. The molecule has 0 spiro atoms. The van der Waals surface area contributed by atoms with E-state index in [9.17, 15) is 23.1 Å². The molecule has 24 heavy (non-hydrogen) atoms. The second kappa shape index (κ2) is 6.78. The van der Waals surface area contributed by atoms with Crippen LogP contribution in [0.4, 0.5) is 13.2 Å². The third kappa shape index (κ3) is 3.95. The molecule has 0 aliphatic rings. The molecule has 126 valence electrons. The predicted octanol–water partition coefficient (Wildman–Crippen LogP) is 4.34. The Morgan fingerprint density at radius 3 is 2.42 bits per heavy atom. The zero-order valence-corrected chi connectivity index (χ0v) is 13.1. The number of carbonyl (C=O) groups excluding carboxylic acids is 1. The Kier molecular flexibility index (Phi) is 4.97. The van der Waals surface area contributed by atoms with Crippen LogP contribution in [0.3, 0.4) is 0 Å². The molecule has 2 rings (SSSR count). The van der Waals surface area contributed by atoms with Gasteiger partial charge in [-0.1, -0.05) is 24.3 Å². The number of benzene rings is 2. The molecule has 3 nitrogen and oxygen atoms in total. The summed E-state index contributed by atoms with van der Waals surface area (Å²) in [5, 5.41) is 9.86. The Balaban J connectivity index is 2.52. The number of hydrogen-bond acceptors (Lipinski definition) is 3. The third-order valence-electron chi connectivity index (χ3n) is 3.33. The van der Waals surface area contributed by atoms with Gasteiger partial charge in [-0.05, 0) is 29.3 Å². The molecule has 0 aliphatic heterocycles. The summed E-state index contributed by atoms with van der Waals surface area (Å²) in [7, 11) is 3.44. The average molecular weight is 335 g/mol. The van der Waals surface area contributed by atoms with Gasteiger partial charge in [-0.2, -0.15) is 13.2 Å². The van der Waals surface area contributed by atoms with E-state index in [2.05, 4.69) is 0 Å². The maximum absolute atomic E-state index is 13.1. The van der Waals surface area contributed by atoms with Gasteiger partial charge in [0.1, 0.15) is 5.75 Å². The van der Waals surface area contributed by atoms with Gasteiger partial charge in [0.05, 0.1) is 11.1 Å². The summed E-state index contributed by atoms with van der Waals surface area (Å²) in [6.45, 7) is 0. The fraction of sp³-hybridized carbons (Fsp3) is 0.167. The summed E-state index contributed by atoms with van der Waals surface area (Å²) in [4.78, 5) is 13.8. The Morgan fingerprint density at radius 1 is 1.12 bits per heavy atom. The highest BCUT2D eigenvalue weighted by atomic mass is 19.4. The van der Waals surface area contributed by atoms with Crippen molar-refractivity contribution in [3.8, 4) is 16.9 Å². The molecule has 0 bridgehead atoms. The van der Waals surface area contributed by atoms with Crippen LogP contribution in [0.25, 0.3) is 11.1 Å². The number of hydrogen-bond donors (Lipinski definition) is 1. The minimum absolute atomic E-state index is 0.0457. The number of alkyl halides is 3. The van der Waals surface area contributed by atoms with Crippen LogP contribution in [-0.2, 0) is 6.18 Å². The lowest BCUT2D eigenvalue weighted by atomic mass is 9.96. The van der Waals surface area contributed by atoms with Crippen molar-refractivity contribution in [2.45, 2.75) is 6.18 Å². The first-order valence-corrected chi connectivity index (χ1v) is 7.08. The quantitative estimate of drug-likeness (QED) is 0.668. The van der Waals surface area contributed by atoms with E-state index in [-0.39, 0.29) is 22.4 Å². The molecule has 0 atom stereocenters. The number of ketones is 1. The lowest BCUT2D eigenvalue weighted by Crippen LogP contribution is -2.07.